The molecule has 0 saturated heterocycles. The van der Waals surface area contributed by atoms with E-state index in [1.807, 2.05) is 12.3 Å². The first-order valence-corrected chi connectivity index (χ1v) is 14.0. The lowest BCUT2D eigenvalue weighted by Gasteiger charge is -2.15. The molecule has 2 unspecified atom stereocenters. The van der Waals surface area contributed by atoms with Crippen molar-refractivity contribution < 1.29 is 9.90 Å². The van der Waals surface area contributed by atoms with E-state index in [2.05, 4.69) is 51.0 Å². The largest absolute Gasteiger partial charge is 0.508 e. The number of benzene rings is 1. The number of allylic oxidation sites excluding steroid dienone is 1. The van der Waals surface area contributed by atoms with E-state index in [0.29, 0.717) is 13.0 Å². The zero-order chi connectivity index (χ0) is 25.6. The Hall–Kier alpha value is -2.23. The minimum absolute atomic E-state index is 0.0721. The molecule has 196 valence electrons. The smallest absolute Gasteiger partial charge is 0.223 e. The molecular formula is C31H50N2O2. The van der Waals surface area contributed by atoms with Crippen molar-refractivity contribution >= 4 is 16.8 Å². The first-order chi connectivity index (χ1) is 16.7. The maximum atomic E-state index is 12.2. The third-order valence-electron chi connectivity index (χ3n) is 7.24. The molecule has 0 aliphatic carbocycles. The number of H-pyrrole nitrogens is 1. The molecule has 0 radical (unpaired) electrons. The van der Waals surface area contributed by atoms with Crippen LogP contribution in [0.1, 0.15) is 104 Å². The molecule has 2 atom stereocenters. The molecule has 2 aromatic rings. The number of hydrogen-bond donors (Lipinski definition) is 3. The highest BCUT2D eigenvalue weighted by Crippen LogP contribution is 2.24. The Labute approximate surface area is 214 Å². The normalized spacial score (nSPS) is 13.9. The number of fused-ring (bicyclic) bond motifs is 1. The van der Waals surface area contributed by atoms with E-state index in [4.69, 9.17) is 0 Å². The van der Waals surface area contributed by atoms with E-state index >= 15 is 0 Å². The maximum Gasteiger partial charge on any atom is 0.223 e. The molecule has 35 heavy (non-hydrogen) atoms. The topological polar surface area (TPSA) is 65.1 Å². The van der Waals surface area contributed by atoms with E-state index in [0.717, 1.165) is 47.1 Å². The summed E-state index contributed by atoms with van der Waals surface area (Å²) in [5.74, 6) is 2.83. The summed E-state index contributed by atoms with van der Waals surface area (Å²) in [6.45, 7) is 12.2. The monoisotopic (exact) mass is 482 g/mol. The lowest BCUT2D eigenvalue weighted by molar-refractivity contribution is -0.120. The van der Waals surface area contributed by atoms with Gasteiger partial charge in [0, 0.05) is 30.1 Å². The summed E-state index contributed by atoms with van der Waals surface area (Å²) < 4.78 is 0. The lowest BCUT2D eigenvalue weighted by atomic mass is 9.91. The summed E-state index contributed by atoms with van der Waals surface area (Å²) >= 11 is 0. The summed E-state index contributed by atoms with van der Waals surface area (Å²) in [5.41, 5.74) is 3.43. The molecule has 3 N–H and O–H groups in total. The number of hydrogen-bond acceptors (Lipinski definition) is 2. The number of carbonyl (C=O) groups is 1. The van der Waals surface area contributed by atoms with E-state index in [1.165, 1.54) is 56.9 Å². The number of aromatic amines is 1. The quantitative estimate of drug-likeness (QED) is 0.198. The van der Waals surface area contributed by atoms with Crippen LogP contribution in [0.25, 0.3) is 10.9 Å². The molecule has 4 nitrogen and oxygen atoms in total. The van der Waals surface area contributed by atoms with Gasteiger partial charge >= 0.3 is 0 Å². The third-order valence-corrected chi connectivity index (χ3v) is 7.24. The lowest BCUT2D eigenvalue weighted by Crippen LogP contribution is -2.24. The number of rotatable bonds is 17. The van der Waals surface area contributed by atoms with Gasteiger partial charge in [0.1, 0.15) is 5.75 Å². The summed E-state index contributed by atoms with van der Waals surface area (Å²) in [4.78, 5) is 15.5. The van der Waals surface area contributed by atoms with Gasteiger partial charge in [-0.15, -0.1) is 0 Å². The number of aromatic nitrogens is 1. The molecule has 1 amide bonds. The van der Waals surface area contributed by atoms with Gasteiger partial charge in [0.2, 0.25) is 5.91 Å². The molecule has 0 fully saturated rings. The molecular weight excluding hydrogens is 432 g/mol. The van der Waals surface area contributed by atoms with Gasteiger partial charge in [0.15, 0.2) is 0 Å². The molecule has 0 saturated carbocycles. The zero-order valence-corrected chi connectivity index (χ0v) is 23.0. The van der Waals surface area contributed by atoms with Crippen LogP contribution in [0.4, 0.5) is 0 Å². The van der Waals surface area contributed by atoms with Crippen molar-refractivity contribution in [3.05, 3.63) is 41.6 Å². The Balaban J connectivity index is 1.54. The molecule has 0 aliphatic heterocycles. The molecule has 2 rings (SSSR count). The Bertz CT molecular complexity index is 912. The van der Waals surface area contributed by atoms with E-state index in [9.17, 15) is 9.90 Å². The summed E-state index contributed by atoms with van der Waals surface area (Å²) in [5, 5.41) is 13.7. The van der Waals surface area contributed by atoms with Crippen LogP contribution in [0.5, 0.6) is 5.75 Å². The third kappa shape index (κ3) is 11.8. The number of phenols is 1. The summed E-state index contributed by atoms with van der Waals surface area (Å²) in [6.07, 6.45) is 17.0. The fourth-order valence-electron chi connectivity index (χ4n) is 4.86. The van der Waals surface area contributed by atoms with Gasteiger partial charge in [-0.05, 0) is 67.7 Å². The van der Waals surface area contributed by atoms with Crippen molar-refractivity contribution in [2.75, 3.05) is 6.54 Å². The maximum absolute atomic E-state index is 12.2. The number of aromatic hydroxyl groups is 1. The van der Waals surface area contributed by atoms with Crippen LogP contribution >= 0.6 is 0 Å². The molecule has 0 spiro atoms. The Morgan fingerprint density at radius 2 is 1.66 bits per heavy atom. The average molecular weight is 483 g/mol. The fourth-order valence-corrected chi connectivity index (χ4v) is 4.86. The Kier molecular flexibility index (Phi) is 13.0. The van der Waals surface area contributed by atoms with Crippen LogP contribution in [-0.2, 0) is 11.2 Å². The van der Waals surface area contributed by atoms with Gasteiger partial charge < -0.3 is 15.4 Å². The molecule has 0 aliphatic rings. The predicted octanol–water partition coefficient (Wildman–Crippen LogP) is 8.31. The van der Waals surface area contributed by atoms with E-state index in [1.54, 1.807) is 12.1 Å². The van der Waals surface area contributed by atoms with E-state index < -0.39 is 0 Å². The van der Waals surface area contributed by atoms with Crippen LogP contribution in [0.15, 0.2) is 36.0 Å². The first-order valence-electron chi connectivity index (χ1n) is 14.0. The van der Waals surface area contributed by atoms with Crippen molar-refractivity contribution in [1.29, 1.82) is 0 Å². The minimum atomic E-state index is 0.0721. The highest BCUT2D eigenvalue weighted by molar-refractivity contribution is 5.84. The Morgan fingerprint density at radius 3 is 2.34 bits per heavy atom. The number of amides is 1. The number of phenolic OH excluding ortho intramolecular Hbond substituents is 1. The predicted molar refractivity (Wildman–Crippen MR) is 150 cm³/mol. The highest BCUT2D eigenvalue weighted by Gasteiger charge is 2.08. The van der Waals surface area contributed by atoms with Gasteiger partial charge in [-0.3, -0.25) is 4.79 Å². The van der Waals surface area contributed by atoms with Crippen LogP contribution in [0.2, 0.25) is 0 Å². The van der Waals surface area contributed by atoms with Gasteiger partial charge in [0.25, 0.3) is 0 Å². The van der Waals surface area contributed by atoms with Gasteiger partial charge in [-0.1, -0.05) is 84.3 Å². The van der Waals surface area contributed by atoms with Crippen LogP contribution < -0.4 is 5.32 Å². The summed E-state index contributed by atoms with van der Waals surface area (Å²) in [7, 11) is 0. The van der Waals surface area contributed by atoms with Crippen LogP contribution in [0, 0.1) is 17.8 Å². The number of carbonyl (C=O) groups excluding carboxylic acids is 1. The number of nitrogens with one attached hydrogen (secondary N) is 2. The van der Waals surface area contributed by atoms with Gasteiger partial charge in [-0.2, -0.15) is 0 Å². The molecule has 4 heteroatoms. The fraction of sp³-hybridized carbons (Fsp3) is 0.645. The first kappa shape index (κ1) is 29.0. The minimum Gasteiger partial charge on any atom is -0.508 e. The van der Waals surface area contributed by atoms with Crippen molar-refractivity contribution in [2.24, 2.45) is 17.8 Å². The average Bonchev–Trinajstić information content (AvgIpc) is 3.19. The van der Waals surface area contributed by atoms with Crippen molar-refractivity contribution in [1.82, 2.24) is 10.3 Å². The second-order valence-corrected chi connectivity index (χ2v) is 11.3. The SMILES string of the molecule is CC(=CCC(=O)NCCc1c[nH]c2ccc(O)cc12)CCCC(C)CCCC(C)CCCC(C)C. The summed E-state index contributed by atoms with van der Waals surface area (Å²) in [6, 6.07) is 5.32. The molecule has 1 heterocycles. The molecule has 1 aromatic carbocycles. The van der Waals surface area contributed by atoms with E-state index in [-0.39, 0.29) is 11.7 Å². The second-order valence-electron chi connectivity index (χ2n) is 11.3. The second kappa shape index (κ2) is 15.7. The van der Waals surface area contributed by atoms with Crippen molar-refractivity contribution in [3.8, 4) is 5.75 Å². The zero-order valence-electron chi connectivity index (χ0n) is 23.0. The highest BCUT2D eigenvalue weighted by atomic mass is 16.3. The van der Waals surface area contributed by atoms with Crippen molar-refractivity contribution in [2.45, 2.75) is 105 Å². The molecule has 0 bridgehead atoms. The van der Waals surface area contributed by atoms with Crippen LogP contribution in [0.3, 0.4) is 0 Å². The van der Waals surface area contributed by atoms with Crippen molar-refractivity contribution in [3.63, 3.8) is 0 Å². The van der Waals surface area contributed by atoms with Crippen LogP contribution in [-0.4, -0.2) is 22.5 Å². The van der Waals surface area contributed by atoms with Gasteiger partial charge in [0.05, 0.1) is 0 Å². The Morgan fingerprint density at radius 1 is 1.00 bits per heavy atom. The standard InChI is InChI=1S/C31H50N2O2/c1-23(2)9-6-10-24(3)11-7-12-25(4)13-8-14-26(5)15-18-31(35)32-20-19-27-22-33-30-17-16-28(34)21-29(27)30/h15-17,21-25,33-34H,6-14,18-20H2,1-5H3,(H,32,35). The molecule has 1 aromatic heterocycles. The van der Waals surface area contributed by atoms with Gasteiger partial charge in [-0.25, -0.2) is 0 Å².